The van der Waals surface area contributed by atoms with Crippen LogP contribution < -0.4 is 9.62 Å². The van der Waals surface area contributed by atoms with E-state index in [2.05, 4.69) is 5.32 Å². The first-order chi connectivity index (χ1) is 16.9. The van der Waals surface area contributed by atoms with E-state index in [-0.39, 0.29) is 18.5 Å². The van der Waals surface area contributed by atoms with Crippen molar-refractivity contribution in [3.63, 3.8) is 0 Å². The Labute approximate surface area is 224 Å². The lowest BCUT2D eigenvalue weighted by Gasteiger charge is -2.34. The number of para-hydroxylation sites is 1. The summed E-state index contributed by atoms with van der Waals surface area (Å²) >= 11 is 12.8. The standard InChI is InChI=1S/C25H34Cl2N4O4S/c1-6-18(3)28-25(33)23(7-2)30(16-20-21(26)14-11-15-22(20)27)24(32)17-31(36(34,35)29(4)5)19-12-9-8-10-13-19/h8-15,18,23H,6-7,16-17H2,1-5H3,(H,28,33)/t18-,23+/m1/s1. The summed E-state index contributed by atoms with van der Waals surface area (Å²) in [6.07, 6.45) is 1.02. The van der Waals surface area contributed by atoms with Crippen LogP contribution in [0.3, 0.4) is 0 Å². The van der Waals surface area contributed by atoms with Gasteiger partial charge in [-0.25, -0.2) is 4.31 Å². The predicted octanol–water partition coefficient (Wildman–Crippen LogP) is 4.33. The minimum Gasteiger partial charge on any atom is -0.352 e. The van der Waals surface area contributed by atoms with Crippen molar-refractivity contribution in [2.24, 2.45) is 0 Å². The van der Waals surface area contributed by atoms with Crippen molar-refractivity contribution in [3.8, 4) is 0 Å². The fraction of sp³-hybridized carbons (Fsp3) is 0.440. The Bertz CT molecular complexity index is 1130. The Morgan fingerprint density at radius 1 is 0.944 bits per heavy atom. The highest BCUT2D eigenvalue weighted by Crippen LogP contribution is 2.28. The van der Waals surface area contributed by atoms with Crippen molar-refractivity contribution in [1.82, 2.24) is 14.5 Å². The van der Waals surface area contributed by atoms with E-state index in [9.17, 15) is 18.0 Å². The Balaban J connectivity index is 2.54. The molecule has 0 aliphatic heterocycles. The number of hydrogen-bond acceptors (Lipinski definition) is 4. The topological polar surface area (TPSA) is 90.0 Å². The number of nitrogens with zero attached hydrogens (tertiary/aromatic N) is 3. The molecule has 2 atom stereocenters. The smallest absolute Gasteiger partial charge is 0.304 e. The maximum absolute atomic E-state index is 13.8. The van der Waals surface area contributed by atoms with Gasteiger partial charge in [0.05, 0.1) is 5.69 Å². The number of benzene rings is 2. The van der Waals surface area contributed by atoms with Crippen molar-refractivity contribution in [1.29, 1.82) is 0 Å². The number of halogens is 2. The Morgan fingerprint density at radius 2 is 1.53 bits per heavy atom. The molecule has 2 amide bonds. The van der Waals surface area contributed by atoms with E-state index < -0.39 is 28.7 Å². The third-order valence-electron chi connectivity index (χ3n) is 5.84. The number of carbonyl (C=O) groups excluding carboxylic acids is 2. The zero-order valence-electron chi connectivity index (χ0n) is 21.2. The molecule has 0 bridgehead atoms. The van der Waals surface area contributed by atoms with Gasteiger partial charge in [0.15, 0.2) is 0 Å². The molecule has 0 aliphatic rings. The molecule has 0 aromatic heterocycles. The Hall–Kier alpha value is -2.33. The number of carbonyl (C=O) groups is 2. The molecule has 11 heteroatoms. The molecule has 0 heterocycles. The van der Waals surface area contributed by atoms with Crippen LogP contribution in [-0.2, 0) is 26.3 Å². The average molecular weight is 558 g/mol. The number of amides is 2. The van der Waals surface area contributed by atoms with Gasteiger partial charge in [-0.05, 0) is 44.0 Å². The van der Waals surface area contributed by atoms with Gasteiger partial charge in [-0.1, -0.05) is 61.3 Å². The monoisotopic (exact) mass is 556 g/mol. The Morgan fingerprint density at radius 3 is 2.03 bits per heavy atom. The van der Waals surface area contributed by atoms with Crippen LogP contribution in [0, 0.1) is 0 Å². The van der Waals surface area contributed by atoms with E-state index in [1.807, 2.05) is 13.8 Å². The summed E-state index contributed by atoms with van der Waals surface area (Å²) in [6.45, 7) is 5.04. The summed E-state index contributed by atoms with van der Waals surface area (Å²) in [6, 6.07) is 12.4. The molecule has 0 unspecified atom stereocenters. The lowest BCUT2D eigenvalue weighted by atomic mass is 10.1. The van der Waals surface area contributed by atoms with Crippen molar-refractivity contribution in [2.75, 3.05) is 24.9 Å². The quantitative estimate of drug-likeness (QED) is 0.421. The van der Waals surface area contributed by atoms with Crippen molar-refractivity contribution in [2.45, 2.75) is 52.2 Å². The SMILES string of the molecule is CC[C@@H](C)NC(=O)[C@H](CC)N(Cc1c(Cl)cccc1Cl)C(=O)CN(c1ccccc1)S(=O)(=O)N(C)C. The van der Waals surface area contributed by atoms with E-state index >= 15 is 0 Å². The summed E-state index contributed by atoms with van der Waals surface area (Å²) in [5.74, 6) is -0.892. The van der Waals surface area contributed by atoms with Crippen LogP contribution in [0.2, 0.25) is 10.0 Å². The van der Waals surface area contributed by atoms with Crippen molar-refractivity contribution < 1.29 is 18.0 Å². The minimum atomic E-state index is -4.02. The molecule has 0 saturated heterocycles. The molecule has 2 aromatic rings. The zero-order chi connectivity index (χ0) is 27.0. The number of nitrogens with one attached hydrogen (secondary N) is 1. The van der Waals surface area contributed by atoms with Gasteiger partial charge in [0.25, 0.3) is 0 Å². The van der Waals surface area contributed by atoms with Crippen LogP contribution in [-0.4, -0.2) is 62.2 Å². The summed E-state index contributed by atoms with van der Waals surface area (Å²) in [5.41, 5.74) is 0.804. The van der Waals surface area contributed by atoms with E-state index in [1.165, 1.54) is 19.0 Å². The molecule has 2 aromatic carbocycles. The molecule has 0 saturated carbocycles. The predicted molar refractivity (Wildman–Crippen MR) is 145 cm³/mol. The van der Waals surface area contributed by atoms with Gasteiger partial charge >= 0.3 is 10.2 Å². The molecule has 2 rings (SSSR count). The fourth-order valence-electron chi connectivity index (χ4n) is 3.53. The summed E-state index contributed by atoms with van der Waals surface area (Å²) in [4.78, 5) is 28.4. The highest BCUT2D eigenvalue weighted by molar-refractivity contribution is 7.90. The lowest BCUT2D eigenvalue weighted by Crippen LogP contribution is -2.54. The van der Waals surface area contributed by atoms with E-state index in [0.29, 0.717) is 27.7 Å². The number of rotatable bonds is 12. The van der Waals surface area contributed by atoms with Gasteiger partial charge in [-0.15, -0.1) is 0 Å². The van der Waals surface area contributed by atoms with Gasteiger partial charge in [0.2, 0.25) is 11.8 Å². The third kappa shape index (κ3) is 7.35. The maximum atomic E-state index is 13.8. The second kappa shape index (κ2) is 13.3. The first kappa shape index (κ1) is 29.9. The first-order valence-electron chi connectivity index (χ1n) is 11.7. The second-order valence-electron chi connectivity index (χ2n) is 8.60. The second-order valence-corrected chi connectivity index (χ2v) is 11.5. The molecule has 198 valence electrons. The van der Waals surface area contributed by atoms with Crippen LogP contribution in [0.25, 0.3) is 0 Å². The minimum absolute atomic E-state index is 0.0611. The molecule has 8 nitrogen and oxygen atoms in total. The number of anilines is 1. The number of hydrogen-bond donors (Lipinski definition) is 1. The zero-order valence-corrected chi connectivity index (χ0v) is 23.6. The fourth-order valence-corrected chi connectivity index (χ4v) is 5.10. The van der Waals surface area contributed by atoms with Gasteiger partial charge in [-0.2, -0.15) is 12.7 Å². The van der Waals surface area contributed by atoms with Crippen LogP contribution in [0.15, 0.2) is 48.5 Å². The van der Waals surface area contributed by atoms with Gasteiger partial charge < -0.3 is 10.2 Å². The molecular formula is C25H34Cl2N4O4S. The summed E-state index contributed by atoms with van der Waals surface area (Å²) < 4.78 is 28.4. The third-order valence-corrected chi connectivity index (χ3v) is 8.37. The molecule has 0 spiro atoms. The molecule has 36 heavy (non-hydrogen) atoms. The normalized spacial score (nSPS) is 13.2. The maximum Gasteiger partial charge on any atom is 0.304 e. The summed E-state index contributed by atoms with van der Waals surface area (Å²) in [7, 11) is -1.23. The van der Waals surface area contributed by atoms with Gasteiger partial charge in [-0.3, -0.25) is 9.59 Å². The van der Waals surface area contributed by atoms with E-state index in [4.69, 9.17) is 23.2 Å². The largest absolute Gasteiger partial charge is 0.352 e. The van der Waals surface area contributed by atoms with Gasteiger partial charge in [0, 0.05) is 42.3 Å². The van der Waals surface area contributed by atoms with Crippen LogP contribution in [0.1, 0.15) is 39.2 Å². The average Bonchev–Trinajstić information content (AvgIpc) is 2.84. The molecule has 0 radical (unpaired) electrons. The van der Waals surface area contributed by atoms with Crippen LogP contribution >= 0.6 is 23.2 Å². The van der Waals surface area contributed by atoms with E-state index in [0.717, 1.165) is 15.0 Å². The molecule has 0 aliphatic carbocycles. The molecule has 1 N–H and O–H groups in total. The van der Waals surface area contributed by atoms with E-state index in [1.54, 1.807) is 55.5 Å². The Kier molecular flexibility index (Phi) is 11.0. The lowest BCUT2D eigenvalue weighted by molar-refractivity contribution is -0.140. The highest BCUT2D eigenvalue weighted by Gasteiger charge is 2.34. The van der Waals surface area contributed by atoms with Crippen LogP contribution in [0.4, 0.5) is 5.69 Å². The van der Waals surface area contributed by atoms with Crippen LogP contribution in [0.5, 0.6) is 0 Å². The molecule has 0 fully saturated rings. The first-order valence-corrected chi connectivity index (χ1v) is 13.9. The van der Waals surface area contributed by atoms with Gasteiger partial charge in [0.1, 0.15) is 12.6 Å². The van der Waals surface area contributed by atoms with Crippen molar-refractivity contribution >= 4 is 50.9 Å². The van der Waals surface area contributed by atoms with Crippen molar-refractivity contribution in [3.05, 3.63) is 64.1 Å². The highest BCUT2D eigenvalue weighted by atomic mass is 35.5. The summed E-state index contributed by atoms with van der Waals surface area (Å²) in [5, 5.41) is 3.62. The molecular weight excluding hydrogens is 523 g/mol.